The highest BCUT2D eigenvalue weighted by molar-refractivity contribution is 5.92. The number of anilines is 1. The number of nitrogens with zero attached hydrogens (tertiary/aromatic N) is 1. The number of carbonyl (C=O) groups is 1. The Morgan fingerprint density at radius 1 is 1.24 bits per heavy atom. The van der Waals surface area contributed by atoms with E-state index < -0.39 is 0 Å². The Morgan fingerprint density at radius 3 is 2.71 bits per heavy atom. The third kappa shape index (κ3) is 5.41. The number of amides is 1. The van der Waals surface area contributed by atoms with Crippen molar-refractivity contribution in [2.75, 3.05) is 18.4 Å². The van der Waals surface area contributed by atoms with Crippen LogP contribution in [-0.4, -0.2) is 19.0 Å². The van der Waals surface area contributed by atoms with Gasteiger partial charge in [0.2, 0.25) is 5.91 Å². The topological polar surface area (TPSA) is 64.9 Å². The third-order valence-corrected chi connectivity index (χ3v) is 3.59. The number of carbonyl (C=O) groups excluding carboxylic acids is 1. The number of rotatable bonds is 6. The van der Waals surface area contributed by atoms with Crippen LogP contribution in [0.25, 0.3) is 0 Å². The molecule has 0 aromatic heterocycles. The van der Waals surface area contributed by atoms with Gasteiger partial charge in [-0.15, -0.1) is 0 Å². The summed E-state index contributed by atoms with van der Waals surface area (Å²) in [5, 5.41) is 14.7. The Bertz CT molecular complexity index is 540. The molecule has 2 rings (SSSR count). The molecule has 1 aliphatic rings. The SMILES string of the molecule is N#Cc1ccc(NC(=O)CNCCC2=CCCCC2)cc1. The van der Waals surface area contributed by atoms with Crippen LogP contribution in [0.4, 0.5) is 5.69 Å². The summed E-state index contributed by atoms with van der Waals surface area (Å²) < 4.78 is 0. The molecule has 0 heterocycles. The quantitative estimate of drug-likeness (QED) is 0.623. The highest BCUT2D eigenvalue weighted by Gasteiger charge is 2.05. The first-order valence-corrected chi connectivity index (χ1v) is 7.46. The minimum absolute atomic E-state index is 0.0580. The van der Waals surface area contributed by atoms with Crippen LogP contribution in [-0.2, 0) is 4.79 Å². The van der Waals surface area contributed by atoms with Crippen LogP contribution in [0.2, 0.25) is 0 Å². The van der Waals surface area contributed by atoms with E-state index in [0.717, 1.165) is 18.7 Å². The van der Waals surface area contributed by atoms with Gasteiger partial charge in [0.1, 0.15) is 0 Å². The number of hydrogen-bond acceptors (Lipinski definition) is 3. The van der Waals surface area contributed by atoms with E-state index in [-0.39, 0.29) is 5.91 Å². The zero-order valence-electron chi connectivity index (χ0n) is 12.2. The lowest BCUT2D eigenvalue weighted by molar-refractivity contribution is -0.115. The Morgan fingerprint density at radius 2 is 2.05 bits per heavy atom. The van der Waals surface area contributed by atoms with Gasteiger partial charge in [0.05, 0.1) is 18.2 Å². The molecule has 2 N–H and O–H groups in total. The molecule has 1 aliphatic carbocycles. The fraction of sp³-hybridized carbons (Fsp3) is 0.412. The van der Waals surface area contributed by atoms with Gasteiger partial charge in [0.25, 0.3) is 0 Å². The second kappa shape index (κ2) is 8.23. The van der Waals surface area contributed by atoms with Crippen LogP contribution in [0, 0.1) is 11.3 Å². The van der Waals surface area contributed by atoms with Gasteiger partial charge < -0.3 is 10.6 Å². The molecule has 1 aromatic carbocycles. The molecule has 1 amide bonds. The van der Waals surface area contributed by atoms with Crippen LogP contribution in [0.3, 0.4) is 0 Å². The molecule has 1 aromatic rings. The molecule has 0 spiro atoms. The summed E-state index contributed by atoms with van der Waals surface area (Å²) in [6.45, 7) is 1.15. The maximum Gasteiger partial charge on any atom is 0.238 e. The van der Waals surface area contributed by atoms with E-state index >= 15 is 0 Å². The van der Waals surface area contributed by atoms with E-state index in [2.05, 4.69) is 22.8 Å². The van der Waals surface area contributed by atoms with Gasteiger partial charge in [0.15, 0.2) is 0 Å². The van der Waals surface area contributed by atoms with Crippen molar-refractivity contribution in [3.8, 4) is 6.07 Å². The van der Waals surface area contributed by atoms with Crippen LogP contribution in [0.5, 0.6) is 0 Å². The highest BCUT2D eigenvalue weighted by atomic mass is 16.1. The second-order valence-corrected chi connectivity index (χ2v) is 5.27. The molecule has 21 heavy (non-hydrogen) atoms. The van der Waals surface area contributed by atoms with E-state index in [9.17, 15) is 4.79 Å². The average molecular weight is 283 g/mol. The molecule has 110 valence electrons. The van der Waals surface area contributed by atoms with E-state index in [1.54, 1.807) is 24.3 Å². The van der Waals surface area contributed by atoms with Gasteiger partial charge >= 0.3 is 0 Å². The Kier molecular flexibility index (Phi) is 5.99. The minimum Gasteiger partial charge on any atom is -0.325 e. The van der Waals surface area contributed by atoms with Gasteiger partial charge in [-0.3, -0.25) is 4.79 Å². The number of allylic oxidation sites excluding steroid dienone is 1. The Labute approximate surface area is 125 Å². The predicted molar refractivity (Wildman–Crippen MR) is 83.8 cm³/mol. The lowest BCUT2D eigenvalue weighted by Crippen LogP contribution is -2.29. The maximum atomic E-state index is 11.8. The van der Waals surface area contributed by atoms with Gasteiger partial charge in [0, 0.05) is 5.69 Å². The van der Waals surface area contributed by atoms with Crippen LogP contribution in [0.1, 0.15) is 37.7 Å². The molecule has 0 fully saturated rings. The Hall–Kier alpha value is -2.12. The molecule has 0 atom stereocenters. The molecule has 0 saturated carbocycles. The minimum atomic E-state index is -0.0580. The van der Waals surface area contributed by atoms with E-state index in [4.69, 9.17) is 5.26 Å². The Balaban J connectivity index is 1.65. The number of hydrogen-bond donors (Lipinski definition) is 2. The summed E-state index contributed by atoms with van der Waals surface area (Å²) in [5.74, 6) is -0.0580. The molecule has 0 unspecified atom stereocenters. The smallest absolute Gasteiger partial charge is 0.238 e. The fourth-order valence-electron chi connectivity index (χ4n) is 2.42. The second-order valence-electron chi connectivity index (χ2n) is 5.27. The molecular weight excluding hydrogens is 262 g/mol. The highest BCUT2D eigenvalue weighted by Crippen LogP contribution is 2.19. The summed E-state index contributed by atoms with van der Waals surface area (Å²) in [6, 6.07) is 8.92. The summed E-state index contributed by atoms with van der Waals surface area (Å²) in [4.78, 5) is 11.8. The van der Waals surface area contributed by atoms with Gasteiger partial charge in [-0.25, -0.2) is 0 Å². The molecule has 0 aliphatic heterocycles. The summed E-state index contributed by atoms with van der Waals surface area (Å²) in [7, 11) is 0. The molecule has 4 nitrogen and oxygen atoms in total. The molecular formula is C17H21N3O. The van der Waals surface area contributed by atoms with Crippen LogP contribution >= 0.6 is 0 Å². The van der Waals surface area contributed by atoms with E-state index in [1.807, 2.05) is 0 Å². The van der Waals surface area contributed by atoms with E-state index in [1.165, 1.54) is 31.3 Å². The zero-order chi connectivity index (χ0) is 14.9. The summed E-state index contributed by atoms with van der Waals surface area (Å²) >= 11 is 0. The average Bonchev–Trinajstić information content (AvgIpc) is 2.53. The number of benzene rings is 1. The molecule has 0 saturated heterocycles. The largest absolute Gasteiger partial charge is 0.325 e. The monoisotopic (exact) mass is 283 g/mol. The van der Waals surface area contributed by atoms with Crippen molar-refractivity contribution >= 4 is 11.6 Å². The number of nitriles is 1. The van der Waals surface area contributed by atoms with Crippen molar-refractivity contribution in [2.45, 2.75) is 32.1 Å². The van der Waals surface area contributed by atoms with Crippen molar-refractivity contribution in [3.05, 3.63) is 41.5 Å². The van der Waals surface area contributed by atoms with Crippen molar-refractivity contribution in [1.82, 2.24) is 5.32 Å². The molecule has 0 radical (unpaired) electrons. The number of nitrogens with one attached hydrogen (secondary N) is 2. The van der Waals surface area contributed by atoms with E-state index in [0.29, 0.717) is 12.1 Å². The first kappa shape index (κ1) is 15.3. The molecule has 0 bridgehead atoms. The lowest BCUT2D eigenvalue weighted by atomic mass is 9.97. The van der Waals surface area contributed by atoms with Crippen molar-refractivity contribution in [2.24, 2.45) is 0 Å². The fourth-order valence-corrected chi connectivity index (χ4v) is 2.42. The van der Waals surface area contributed by atoms with Crippen molar-refractivity contribution in [1.29, 1.82) is 5.26 Å². The lowest BCUT2D eigenvalue weighted by Gasteiger charge is -2.13. The van der Waals surface area contributed by atoms with Crippen molar-refractivity contribution < 1.29 is 4.79 Å². The van der Waals surface area contributed by atoms with Gasteiger partial charge in [-0.2, -0.15) is 5.26 Å². The standard InChI is InChI=1S/C17H21N3O/c18-12-15-6-8-16(9-7-15)20-17(21)13-19-11-10-14-4-2-1-3-5-14/h4,6-9,19H,1-3,5,10-11,13H2,(H,20,21). The van der Waals surface area contributed by atoms with Gasteiger partial charge in [-0.05, 0) is 62.9 Å². The first-order chi connectivity index (χ1) is 10.3. The summed E-state index contributed by atoms with van der Waals surface area (Å²) in [6.07, 6.45) is 8.38. The zero-order valence-corrected chi connectivity index (χ0v) is 12.2. The summed E-state index contributed by atoms with van der Waals surface area (Å²) in [5.41, 5.74) is 2.82. The third-order valence-electron chi connectivity index (χ3n) is 3.59. The normalized spacial score (nSPS) is 14.1. The maximum absolute atomic E-state index is 11.8. The van der Waals surface area contributed by atoms with Crippen LogP contribution in [0.15, 0.2) is 35.9 Å². The molecule has 4 heteroatoms. The van der Waals surface area contributed by atoms with Gasteiger partial charge in [-0.1, -0.05) is 11.6 Å². The predicted octanol–water partition coefficient (Wildman–Crippen LogP) is 2.98. The van der Waals surface area contributed by atoms with Crippen LogP contribution < -0.4 is 10.6 Å². The van der Waals surface area contributed by atoms with Crippen molar-refractivity contribution in [3.63, 3.8) is 0 Å². The first-order valence-electron chi connectivity index (χ1n) is 7.46.